The molecule has 1 aromatic rings. The molecule has 0 radical (unpaired) electrons. The van der Waals surface area contributed by atoms with Crippen LogP contribution in [0.5, 0.6) is 0 Å². The van der Waals surface area contributed by atoms with Crippen LogP contribution in [0.3, 0.4) is 0 Å². The fourth-order valence-electron chi connectivity index (χ4n) is 3.65. The van der Waals surface area contributed by atoms with Crippen molar-refractivity contribution >= 4 is 0 Å². The molecular formula is C14H19NO. The summed E-state index contributed by atoms with van der Waals surface area (Å²) in [7, 11) is 0. The normalized spacial score (nSPS) is 40.4. The summed E-state index contributed by atoms with van der Waals surface area (Å²) in [6.07, 6.45) is 0.702. The maximum Gasteiger partial charge on any atom is 0.0832 e. The first kappa shape index (κ1) is 10.3. The fraction of sp³-hybridized carbons (Fsp3) is 0.571. The van der Waals surface area contributed by atoms with Gasteiger partial charge in [-0.05, 0) is 29.4 Å². The maximum absolute atomic E-state index is 10.4. The molecule has 0 amide bonds. The number of aliphatic hydroxyl groups is 1. The largest absolute Gasteiger partial charge is 0.390 e. The number of benzene rings is 1. The molecule has 2 heteroatoms. The Labute approximate surface area is 96.5 Å². The smallest absolute Gasteiger partial charge is 0.0832 e. The molecule has 16 heavy (non-hydrogen) atoms. The molecule has 1 spiro atoms. The van der Waals surface area contributed by atoms with Crippen molar-refractivity contribution in [1.29, 1.82) is 0 Å². The molecule has 4 atom stereocenters. The third kappa shape index (κ3) is 1.04. The Morgan fingerprint density at radius 1 is 1.38 bits per heavy atom. The quantitative estimate of drug-likeness (QED) is 0.755. The van der Waals surface area contributed by atoms with E-state index in [1.165, 1.54) is 5.56 Å². The van der Waals surface area contributed by atoms with Crippen LogP contribution in [0.25, 0.3) is 0 Å². The highest BCUT2D eigenvalue weighted by Gasteiger charge is 2.65. The molecule has 1 aromatic carbocycles. The standard InChI is InChI=1S/C14H19NO/c1-8(2)11-7-14(11)10-6-4-3-5-9(10)12(15)13(14)16/h3-6,8,11-13,16H,7,15H2,1-2H3. The van der Waals surface area contributed by atoms with Crippen molar-refractivity contribution in [3.05, 3.63) is 35.4 Å². The molecule has 0 saturated heterocycles. The Morgan fingerprint density at radius 3 is 2.69 bits per heavy atom. The Kier molecular flexibility index (Phi) is 1.99. The summed E-state index contributed by atoms with van der Waals surface area (Å²) >= 11 is 0. The molecular weight excluding hydrogens is 198 g/mol. The lowest BCUT2D eigenvalue weighted by Gasteiger charge is -2.20. The van der Waals surface area contributed by atoms with Gasteiger partial charge in [-0.25, -0.2) is 0 Å². The van der Waals surface area contributed by atoms with Crippen LogP contribution in [0, 0.1) is 11.8 Å². The summed E-state index contributed by atoms with van der Waals surface area (Å²) in [4.78, 5) is 0. The summed E-state index contributed by atoms with van der Waals surface area (Å²) in [5, 5.41) is 10.4. The van der Waals surface area contributed by atoms with E-state index in [4.69, 9.17) is 5.73 Å². The third-order valence-corrected chi connectivity index (χ3v) is 4.55. The Morgan fingerprint density at radius 2 is 2.06 bits per heavy atom. The van der Waals surface area contributed by atoms with Crippen molar-refractivity contribution in [1.82, 2.24) is 0 Å². The highest BCUT2D eigenvalue weighted by Crippen LogP contribution is 2.65. The van der Waals surface area contributed by atoms with Gasteiger partial charge in [0.2, 0.25) is 0 Å². The van der Waals surface area contributed by atoms with Gasteiger partial charge in [0.15, 0.2) is 0 Å². The molecule has 86 valence electrons. The highest BCUT2D eigenvalue weighted by molar-refractivity contribution is 5.50. The van der Waals surface area contributed by atoms with E-state index in [1.54, 1.807) is 0 Å². The third-order valence-electron chi connectivity index (χ3n) is 4.55. The Bertz CT molecular complexity index is 428. The lowest BCUT2D eigenvalue weighted by atomic mass is 9.89. The van der Waals surface area contributed by atoms with Crippen molar-refractivity contribution in [2.24, 2.45) is 17.6 Å². The van der Waals surface area contributed by atoms with Gasteiger partial charge in [-0.3, -0.25) is 0 Å². The van der Waals surface area contributed by atoms with Gasteiger partial charge in [0.05, 0.1) is 12.1 Å². The topological polar surface area (TPSA) is 46.2 Å². The zero-order valence-electron chi connectivity index (χ0n) is 9.85. The van der Waals surface area contributed by atoms with Gasteiger partial charge >= 0.3 is 0 Å². The summed E-state index contributed by atoms with van der Waals surface area (Å²) in [6.45, 7) is 4.47. The van der Waals surface area contributed by atoms with E-state index in [1.807, 2.05) is 6.07 Å². The van der Waals surface area contributed by atoms with Crippen LogP contribution >= 0.6 is 0 Å². The Balaban J connectivity index is 2.09. The zero-order chi connectivity index (χ0) is 11.5. The van der Waals surface area contributed by atoms with Crippen molar-refractivity contribution in [3.8, 4) is 0 Å². The van der Waals surface area contributed by atoms with E-state index in [-0.39, 0.29) is 11.5 Å². The van der Waals surface area contributed by atoms with Crippen LogP contribution < -0.4 is 5.73 Å². The van der Waals surface area contributed by atoms with Crippen LogP contribution in [-0.4, -0.2) is 11.2 Å². The van der Waals surface area contributed by atoms with E-state index in [2.05, 4.69) is 32.0 Å². The van der Waals surface area contributed by atoms with Crippen LogP contribution in [0.1, 0.15) is 37.4 Å². The summed E-state index contributed by atoms with van der Waals surface area (Å²) in [5.74, 6) is 1.21. The number of nitrogens with two attached hydrogens (primary N) is 1. The molecule has 3 rings (SSSR count). The van der Waals surface area contributed by atoms with Crippen molar-refractivity contribution in [3.63, 3.8) is 0 Å². The van der Waals surface area contributed by atoms with Crippen molar-refractivity contribution in [2.75, 3.05) is 0 Å². The fourth-order valence-corrected chi connectivity index (χ4v) is 3.65. The number of fused-ring (bicyclic) bond motifs is 2. The molecule has 1 saturated carbocycles. The number of hydrogen-bond donors (Lipinski definition) is 2. The van der Waals surface area contributed by atoms with Gasteiger partial charge < -0.3 is 10.8 Å². The Hall–Kier alpha value is -0.860. The van der Waals surface area contributed by atoms with Crippen molar-refractivity contribution in [2.45, 2.75) is 37.8 Å². The summed E-state index contributed by atoms with van der Waals surface area (Å²) < 4.78 is 0. The van der Waals surface area contributed by atoms with E-state index in [9.17, 15) is 5.11 Å². The van der Waals surface area contributed by atoms with Crippen LogP contribution in [0.15, 0.2) is 24.3 Å². The number of rotatable bonds is 1. The minimum absolute atomic E-state index is 0.0236. The average molecular weight is 217 g/mol. The molecule has 1 fully saturated rings. The van der Waals surface area contributed by atoms with Gasteiger partial charge in [-0.1, -0.05) is 38.1 Å². The molecule has 0 aromatic heterocycles. The first-order valence-electron chi connectivity index (χ1n) is 6.12. The average Bonchev–Trinajstić information content (AvgIpc) is 2.99. The van der Waals surface area contributed by atoms with Gasteiger partial charge in [0, 0.05) is 5.41 Å². The lowest BCUT2D eigenvalue weighted by molar-refractivity contribution is 0.109. The molecule has 2 aliphatic rings. The molecule has 0 aliphatic heterocycles. The zero-order valence-corrected chi connectivity index (χ0v) is 9.85. The first-order valence-corrected chi connectivity index (χ1v) is 6.12. The van der Waals surface area contributed by atoms with Crippen LogP contribution in [-0.2, 0) is 5.41 Å². The number of hydrogen-bond acceptors (Lipinski definition) is 2. The van der Waals surface area contributed by atoms with Gasteiger partial charge in [0.1, 0.15) is 0 Å². The minimum atomic E-state index is -0.391. The summed E-state index contributed by atoms with van der Waals surface area (Å²) in [6, 6.07) is 8.08. The number of aliphatic hydroxyl groups excluding tert-OH is 1. The highest BCUT2D eigenvalue weighted by atomic mass is 16.3. The van der Waals surface area contributed by atoms with E-state index >= 15 is 0 Å². The molecule has 4 unspecified atom stereocenters. The SMILES string of the molecule is CC(C)C1CC12c1ccccc1C(N)C2O. The predicted molar refractivity (Wildman–Crippen MR) is 64.0 cm³/mol. The second-order valence-corrected chi connectivity index (χ2v) is 5.65. The molecule has 3 N–H and O–H groups in total. The molecule has 2 aliphatic carbocycles. The van der Waals surface area contributed by atoms with E-state index in [0.29, 0.717) is 11.8 Å². The van der Waals surface area contributed by atoms with Crippen LogP contribution in [0.2, 0.25) is 0 Å². The lowest BCUT2D eigenvalue weighted by Crippen LogP contribution is -2.31. The van der Waals surface area contributed by atoms with Crippen molar-refractivity contribution < 1.29 is 5.11 Å². The van der Waals surface area contributed by atoms with E-state index < -0.39 is 6.10 Å². The predicted octanol–water partition coefficient (Wildman–Crippen LogP) is 1.97. The molecule has 0 bridgehead atoms. The monoisotopic (exact) mass is 217 g/mol. The molecule has 2 nitrogen and oxygen atoms in total. The van der Waals surface area contributed by atoms with Gasteiger partial charge in [-0.15, -0.1) is 0 Å². The van der Waals surface area contributed by atoms with Gasteiger partial charge in [0.25, 0.3) is 0 Å². The van der Waals surface area contributed by atoms with E-state index in [0.717, 1.165) is 12.0 Å². The maximum atomic E-state index is 10.4. The first-order chi connectivity index (χ1) is 7.59. The van der Waals surface area contributed by atoms with Gasteiger partial charge in [-0.2, -0.15) is 0 Å². The summed E-state index contributed by atoms with van der Waals surface area (Å²) in [5.41, 5.74) is 8.55. The second-order valence-electron chi connectivity index (χ2n) is 5.65. The van der Waals surface area contributed by atoms with Crippen LogP contribution in [0.4, 0.5) is 0 Å². The second kappa shape index (κ2) is 3.08. The molecule has 0 heterocycles. The minimum Gasteiger partial charge on any atom is -0.390 e.